The van der Waals surface area contributed by atoms with Crippen molar-refractivity contribution < 1.29 is 17.4 Å². The Morgan fingerprint density at radius 1 is 0.909 bits per heavy atom. The highest BCUT2D eigenvalue weighted by atomic mass is 33.2. The summed E-state index contributed by atoms with van der Waals surface area (Å²) < 4.78 is 45.7. The van der Waals surface area contributed by atoms with Crippen LogP contribution in [0.2, 0.25) is 0 Å². The van der Waals surface area contributed by atoms with Gasteiger partial charge in [0.2, 0.25) is 0 Å². The maximum atomic E-state index is 13.6. The van der Waals surface area contributed by atoms with E-state index in [4.69, 9.17) is 4.74 Å². The molecule has 0 aromatic heterocycles. The van der Waals surface area contributed by atoms with Crippen LogP contribution in [0.1, 0.15) is 6.92 Å². The van der Waals surface area contributed by atoms with Crippen LogP contribution in [0.25, 0.3) is 11.1 Å². The second kappa shape index (κ2) is 10.1. The van der Waals surface area contributed by atoms with Crippen LogP contribution in [-0.2, 0) is 18.7 Å². The van der Waals surface area contributed by atoms with E-state index in [0.29, 0.717) is 5.75 Å². The molecule has 0 N–H and O–H groups in total. The van der Waals surface area contributed by atoms with Gasteiger partial charge in [-0.2, -0.15) is 0 Å². The third-order valence-electron chi connectivity index (χ3n) is 5.92. The molecular weight excluding hydrogens is 456 g/mol. The minimum Gasteiger partial charge on any atom is -0.495 e. The van der Waals surface area contributed by atoms with Gasteiger partial charge in [0.25, 0.3) is 8.87 Å². The molecule has 0 radical (unpaired) electrons. The van der Waals surface area contributed by atoms with Gasteiger partial charge in [-0.3, -0.25) is 0 Å². The summed E-state index contributed by atoms with van der Waals surface area (Å²) in [5.41, 5.74) is 2.44. The van der Waals surface area contributed by atoms with Crippen LogP contribution < -0.4 is 9.64 Å². The normalized spacial score (nSPS) is 15.9. The number of benzene rings is 3. The first-order chi connectivity index (χ1) is 16.0. The second-order valence-electron chi connectivity index (χ2n) is 7.81. The molecule has 1 aliphatic rings. The van der Waals surface area contributed by atoms with E-state index in [1.165, 1.54) is 19.2 Å². The quantitative estimate of drug-likeness (QED) is 0.472. The van der Waals surface area contributed by atoms with Crippen molar-refractivity contribution in [1.29, 1.82) is 0 Å². The summed E-state index contributed by atoms with van der Waals surface area (Å²) >= 11 is 0. The number of rotatable bonds is 7. The summed E-state index contributed by atoms with van der Waals surface area (Å²) in [5.74, 6) is 0.315. The van der Waals surface area contributed by atoms with Crippen molar-refractivity contribution >= 4 is 24.4 Å². The van der Waals surface area contributed by atoms with Crippen LogP contribution in [0, 0.1) is 0 Å². The van der Waals surface area contributed by atoms with E-state index in [-0.39, 0.29) is 9.79 Å². The fourth-order valence-electron chi connectivity index (χ4n) is 4.05. The Labute approximate surface area is 197 Å². The van der Waals surface area contributed by atoms with Gasteiger partial charge in [0.05, 0.1) is 16.9 Å². The van der Waals surface area contributed by atoms with Crippen LogP contribution in [0.15, 0.2) is 82.6 Å². The van der Waals surface area contributed by atoms with E-state index in [2.05, 4.69) is 16.7 Å². The number of piperazine rings is 1. The molecule has 174 valence electrons. The number of ether oxygens (including phenoxy) is 1. The van der Waals surface area contributed by atoms with Crippen molar-refractivity contribution in [3.8, 4) is 16.9 Å². The predicted molar refractivity (Wildman–Crippen MR) is 133 cm³/mol. The van der Waals surface area contributed by atoms with Gasteiger partial charge < -0.3 is 14.5 Å². The van der Waals surface area contributed by atoms with Crippen LogP contribution in [0.4, 0.5) is 5.69 Å². The summed E-state index contributed by atoms with van der Waals surface area (Å²) in [4.78, 5) is 4.77. The van der Waals surface area contributed by atoms with Gasteiger partial charge in [0.15, 0.2) is 9.83 Å². The van der Waals surface area contributed by atoms with Gasteiger partial charge in [0, 0.05) is 37.4 Å². The van der Waals surface area contributed by atoms with E-state index in [0.717, 1.165) is 49.5 Å². The zero-order valence-electron chi connectivity index (χ0n) is 18.8. The average molecular weight is 485 g/mol. The SMILES string of the molecule is CCN1CCN(c2cc(-c3ccccc3)c(OC)c(S(=O)S(=O)(=O)c3ccccc3)c2)CC1. The molecule has 0 aliphatic carbocycles. The summed E-state index contributed by atoms with van der Waals surface area (Å²) in [7, 11) is -4.99. The van der Waals surface area contributed by atoms with Crippen LogP contribution >= 0.6 is 0 Å². The van der Waals surface area contributed by atoms with E-state index in [9.17, 15) is 12.6 Å². The number of hydrogen-bond donors (Lipinski definition) is 0. The van der Waals surface area contributed by atoms with Gasteiger partial charge in [-0.05, 0) is 36.4 Å². The highest BCUT2D eigenvalue weighted by Gasteiger charge is 2.30. The molecular formula is C25H28N2O4S2. The summed E-state index contributed by atoms with van der Waals surface area (Å²) in [5, 5.41) is 0. The summed E-state index contributed by atoms with van der Waals surface area (Å²) in [6, 6.07) is 21.3. The van der Waals surface area contributed by atoms with Crippen molar-refractivity contribution in [2.24, 2.45) is 0 Å². The highest BCUT2D eigenvalue weighted by molar-refractivity contribution is 8.64. The Morgan fingerprint density at radius 3 is 2.09 bits per heavy atom. The van der Waals surface area contributed by atoms with Gasteiger partial charge in [-0.15, -0.1) is 0 Å². The maximum absolute atomic E-state index is 13.6. The standard InChI is InChI=1S/C25H28N2O4S2/c1-3-26-14-16-27(17-15-26)21-18-23(20-10-6-4-7-11-20)25(31-2)24(19-21)32(28)33(29,30)22-12-8-5-9-13-22/h4-13,18-19H,3,14-17H2,1-2H3. The lowest BCUT2D eigenvalue weighted by Gasteiger charge is -2.36. The first-order valence-corrected chi connectivity index (χ1v) is 14.1. The molecule has 1 unspecified atom stereocenters. The molecule has 1 fully saturated rings. The zero-order chi connectivity index (χ0) is 23.4. The summed E-state index contributed by atoms with van der Waals surface area (Å²) in [6.45, 7) is 6.61. The molecule has 6 nitrogen and oxygen atoms in total. The van der Waals surface area contributed by atoms with Gasteiger partial charge in [-0.1, -0.05) is 55.5 Å². The van der Waals surface area contributed by atoms with Crippen molar-refractivity contribution in [3.05, 3.63) is 72.8 Å². The fraction of sp³-hybridized carbons (Fsp3) is 0.280. The van der Waals surface area contributed by atoms with Gasteiger partial charge in [0.1, 0.15) is 5.75 Å². The molecule has 1 aliphatic heterocycles. The number of anilines is 1. The first-order valence-electron chi connectivity index (χ1n) is 10.9. The predicted octanol–water partition coefficient (Wildman–Crippen LogP) is 4.00. The van der Waals surface area contributed by atoms with Crippen molar-refractivity contribution in [1.82, 2.24) is 4.90 Å². The third-order valence-corrected chi connectivity index (χ3v) is 10.1. The Hall–Kier alpha value is -2.68. The van der Waals surface area contributed by atoms with Crippen LogP contribution in [0.3, 0.4) is 0 Å². The number of nitrogens with zero attached hydrogens (tertiary/aromatic N) is 2. The molecule has 3 aromatic rings. The molecule has 0 saturated carbocycles. The Kier molecular flexibility index (Phi) is 7.17. The lowest BCUT2D eigenvalue weighted by molar-refractivity contribution is 0.271. The lowest BCUT2D eigenvalue weighted by atomic mass is 10.0. The fourth-order valence-corrected chi connectivity index (χ4v) is 7.45. The monoisotopic (exact) mass is 484 g/mol. The lowest BCUT2D eigenvalue weighted by Crippen LogP contribution is -2.46. The number of methoxy groups -OCH3 is 1. The molecule has 0 spiro atoms. The molecule has 33 heavy (non-hydrogen) atoms. The molecule has 1 atom stereocenters. The molecule has 3 aromatic carbocycles. The van der Waals surface area contributed by atoms with Gasteiger partial charge in [-0.25, -0.2) is 12.6 Å². The topological polar surface area (TPSA) is 66.9 Å². The van der Waals surface area contributed by atoms with Gasteiger partial charge >= 0.3 is 0 Å². The van der Waals surface area contributed by atoms with E-state index >= 15 is 0 Å². The Morgan fingerprint density at radius 2 is 1.52 bits per heavy atom. The van der Waals surface area contributed by atoms with E-state index < -0.39 is 18.7 Å². The first kappa shape index (κ1) is 23.5. The smallest absolute Gasteiger partial charge is 0.262 e. The summed E-state index contributed by atoms with van der Waals surface area (Å²) in [6.07, 6.45) is 0. The maximum Gasteiger partial charge on any atom is 0.262 e. The largest absolute Gasteiger partial charge is 0.495 e. The highest BCUT2D eigenvalue weighted by Crippen LogP contribution is 2.41. The second-order valence-corrected chi connectivity index (χ2v) is 12.3. The molecule has 8 heteroatoms. The Balaban J connectivity index is 1.86. The van der Waals surface area contributed by atoms with Crippen molar-refractivity contribution in [2.45, 2.75) is 16.7 Å². The van der Waals surface area contributed by atoms with Crippen LogP contribution in [-0.4, -0.2) is 57.4 Å². The number of hydrogen-bond acceptors (Lipinski definition) is 6. The molecule has 0 bridgehead atoms. The number of likely N-dealkylation sites (N-methyl/N-ethyl adjacent to an activating group) is 1. The average Bonchev–Trinajstić information content (AvgIpc) is 2.88. The molecule has 1 saturated heterocycles. The Bertz CT molecular complexity index is 1220. The minimum absolute atomic E-state index is 0.0219. The van der Waals surface area contributed by atoms with Crippen molar-refractivity contribution in [3.63, 3.8) is 0 Å². The third kappa shape index (κ3) is 4.83. The molecule has 0 amide bonds. The van der Waals surface area contributed by atoms with Crippen LogP contribution in [0.5, 0.6) is 5.75 Å². The minimum atomic E-state index is -4.12. The van der Waals surface area contributed by atoms with E-state index in [1.54, 1.807) is 24.3 Å². The molecule has 4 rings (SSSR count). The van der Waals surface area contributed by atoms with Crippen molar-refractivity contribution in [2.75, 3.05) is 44.7 Å². The zero-order valence-corrected chi connectivity index (χ0v) is 20.4. The molecule has 1 heterocycles. The van der Waals surface area contributed by atoms with E-state index in [1.807, 2.05) is 36.4 Å².